The van der Waals surface area contributed by atoms with Gasteiger partial charge in [0.2, 0.25) is 0 Å². The molecule has 1 atom stereocenters. The van der Waals surface area contributed by atoms with Crippen LogP contribution in [0.5, 0.6) is 0 Å². The summed E-state index contributed by atoms with van der Waals surface area (Å²) >= 11 is 0. The summed E-state index contributed by atoms with van der Waals surface area (Å²) in [5.74, 6) is 2.70. The topological polar surface area (TPSA) is 26.3 Å². The highest BCUT2D eigenvalue weighted by Gasteiger charge is 2.37. The lowest BCUT2D eigenvalue weighted by molar-refractivity contribution is -0.0168. The fourth-order valence-electron chi connectivity index (χ4n) is 4.99. The quantitative estimate of drug-likeness (QED) is 0.184. The van der Waals surface area contributed by atoms with Gasteiger partial charge in [-0.3, -0.25) is 0 Å². The lowest BCUT2D eigenvalue weighted by Gasteiger charge is -2.35. The number of ether oxygens (including phenoxy) is 1. The third-order valence-electron chi connectivity index (χ3n) is 6.79. The molecule has 1 aliphatic rings. The Bertz CT molecular complexity index is 1280. The minimum atomic E-state index is -0.859. The minimum absolute atomic E-state index is 0.226. The highest BCUT2D eigenvalue weighted by atomic mass is 32.2. The Morgan fingerprint density at radius 3 is 2.19 bits per heavy atom. The second-order valence-corrected chi connectivity index (χ2v) is 10.8. The van der Waals surface area contributed by atoms with E-state index in [0.29, 0.717) is 5.56 Å². The number of hydrogen-bond donors (Lipinski definition) is 0. The van der Waals surface area contributed by atoms with Crippen molar-refractivity contribution in [2.45, 2.75) is 44.6 Å². The van der Waals surface area contributed by atoms with Crippen LogP contribution >= 0.6 is 10.5 Å². The average molecular weight is 440 g/mol. The number of terminal acetylenes is 1. The SMILES string of the molecule is C#CC(C)(OC(=O)c1cccc(-[s+]2c3ccccc3c3ccccc32)c1)C1CCCCC1. The Balaban J connectivity index is 1.53. The van der Waals surface area contributed by atoms with Crippen LogP contribution in [0.1, 0.15) is 49.4 Å². The largest absolute Gasteiger partial charge is 0.442 e. The predicted octanol–water partition coefficient (Wildman–Crippen LogP) is 7.86. The highest BCUT2D eigenvalue weighted by molar-refractivity contribution is 7.50. The van der Waals surface area contributed by atoms with E-state index >= 15 is 0 Å². The van der Waals surface area contributed by atoms with Crippen molar-refractivity contribution in [3.63, 3.8) is 0 Å². The molecule has 1 aromatic heterocycles. The standard InChI is InChI=1S/C29H27O2S/c1-3-29(2,22-13-5-4-6-14-22)31-28(30)21-12-11-15-23(20-21)32-26-18-9-7-16-24(26)25-17-8-10-19-27(25)32/h1,7-12,15-20,22H,4-6,13-14H2,2H3/q+1. The van der Waals surface area contributed by atoms with Gasteiger partial charge in [-0.1, -0.05) is 55.5 Å². The number of fused-ring (bicyclic) bond motifs is 3. The van der Waals surface area contributed by atoms with Gasteiger partial charge in [-0.05, 0) is 56.2 Å². The normalized spacial score (nSPS) is 16.5. The number of benzene rings is 3. The van der Waals surface area contributed by atoms with Crippen molar-refractivity contribution < 1.29 is 9.53 Å². The van der Waals surface area contributed by atoms with Gasteiger partial charge >= 0.3 is 5.97 Å². The van der Waals surface area contributed by atoms with Crippen LogP contribution < -0.4 is 0 Å². The van der Waals surface area contributed by atoms with E-state index < -0.39 is 5.60 Å². The molecule has 160 valence electrons. The second kappa shape index (κ2) is 8.45. The Labute approximate surface area is 192 Å². The number of carbonyl (C=O) groups is 1. The maximum atomic E-state index is 13.2. The molecule has 1 heterocycles. The summed E-state index contributed by atoms with van der Waals surface area (Å²) in [6, 6.07) is 25.0. The molecule has 0 saturated heterocycles. The molecule has 1 fully saturated rings. The van der Waals surface area contributed by atoms with Crippen LogP contribution in [0.2, 0.25) is 0 Å². The molecule has 1 unspecified atom stereocenters. The molecule has 0 N–H and O–H groups in total. The van der Waals surface area contributed by atoms with Crippen LogP contribution in [0.3, 0.4) is 0 Å². The zero-order valence-corrected chi connectivity index (χ0v) is 19.2. The van der Waals surface area contributed by atoms with Crippen LogP contribution in [-0.2, 0) is 4.74 Å². The summed E-state index contributed by atoms with van der Waals surface area (Å²) in [4.78, 5) is 14.3. The first-order valence-corrected chi connectivity index (χ1v) is 12.6. The molecule has 32 heavy (non-hydrogen) atoms. The molecule has 2 nitrogen and oxygen atoms in total. The third kappa shape index (κ3) is 3.59. The van der Waals surface area contributed by atoms with E-state index in [1.165, 1.54) is 26.6 Å². The first-order valence-electron chi connectivity index (χ1n) is 11.3. The van der Waals surface area contributed by atoms with E-state index in [2.05, 4.69) is 60.5 Å². The fourth-order valence-corrected chi connectivity index (χ4v) is 7.42. The Kier molecular flexibility index (Phi) is 5.49. The summed E-state index contributed by atoms with van der Waals surface area (Å²) in [6.07, 6.45) is 11.4. The molecule has 3 heteroatoms. The van der Waals surface area contributed by atoms with Gasteiger partial charge in [-0.15, -0.1) is 6.42 Å². The zero-order valence-electron chi connectivity index (χ0n) is 18.3. The van der Waals surface area contributed by atoms with Crippen LogP contribution in [0.15, 0.2) is 72.8 Å². The molecule has 1 aliphatic carbocycles. The molecule has 0 spiro atoms. The fraction of sp³-hybridized carbons (Fsp3) is 0.276. The van der Waals surface area contributed by atoms with E-state index in [1.54, 1.807) is 0 Å². The van der Waals surface area contributed by atoms with Gasteiger partial charge in [0.1, 0.15) is 0 Å². The lowest BCUT2D eigenvalue weighted by Crippen LogP contribution is -2.39. The summed E-state index contributed by atoms with van der Waals surface area (Å²) < 4.78 is 8.60. The summed E-state index contributed by atoms with van der Waals surface area (Å²) in [5, 5.41) is 2.55. The Morgan fingerprint density at radius 2 is 1.56 bits per heavy atom. The smallest absolute Gasteiger partial charge is 0.339 e. The van der Waals surface area contributed by atoms with Crippen LogP contribution in [0, 0.1) is 18.3 Å². The maximum Gasteiger partial charge on any atom is 0.339 e. The molecule has 0 amide bonds. The number of carbonyl (C=O) groups excluding carboxylic acids is 1. The van der Waals surface area contributed by atoms with Gasteiger partial charge < -0.3 is 4.74 Å². The van der Waals surface area contributed by atoms with Crippen LogP contribution in [0.25, 0.3) is 25.1 Å². The first kappa shape index (κ1) is 20.8. The molecular weight excluding hydrogens is 412 g/mol. The van der Waals surface area contributed by atoms with Crippen molar-refractivity contribution in [1.82, 2.24) is 0 Å². The second-order valence-electron chi connectivity index (χ2n) is 8.80. The summed E-state index contributed by atoms with van der Waals surface area (Å²) in [7, 11) is -0.245. The highest BCUT2D eigenvalue weighted by Crippen LogP contribution is 2.48. The molecule has 5 rings (SSSR count). The molecular formula is C29H27O2S+. The molecule has 4 aromatic rings. The molecule has 0 radical (unpaired) electrons. The molecule has 0 aliphatic heterocycles. The van der Waals surface area contributed by atoms with Gasteiger partial charge in [-0.2, -0.15) is 0 Å². The van der Waals surface area contributed by atoms with Crippen molar-refractivity contribution in [3.05, 3.63) is 78.4 Å². The lowest BCUT2D eigenvalue weighted by atomic mass is 9.78. The van der Waals surface area contributed by atoms with Gasteiger partial charge in [0.05, 0.1) is 5.56 Å². The van der Waals surface area contributed by atoms with E-state index in [4.69, 9.17) is 11.2 Å². The van der Waals surface area contributed by atoms with E-state index in [1.807, 2.05) is 25.1 Å². The van der Waals surface area contributed by atoms with Crippen molar-refractivity contribution in [3.8, 4) is 17.2 Å². The number of thiophene rings is 1. The number of rotatable bonds is 4. The predicted molar refractivity (Wildman–Crippen MR) is 134 cm³/mol. The summed E-state index contributed by atoms with van der Waals surface area (Å²) in [5.41, 5.74) is -0.295. The zero-order chi connectivity index (χ0) is 22.1. The molecule has 0 bridgehead atoms. The number of hydrogen-bond acceptors (Lipinski definition) is 2. The Morgan fingerprint density at radius 1 is 0.938 bits per heavy atom. The van der Waals surface area contributed by atoms with Crippen LogP contribution in [-0.4, -0.2) is 11.6 Å². The average Bonchev–Trinajstić information content (AvgIpc) is 3.19. The van der Waals surface area contributed by atoms with E-state index in [0.717, 1.165) is 30.6 Å². The van der Waals surface area contributed by atoms with Gasteiger partial charge in [0, 0.05) is 33.2 Å². The number of esters is 1. The van der Waals surface area contributed by atoms with Gasteiger partial charge in [-0.25, -0.2) is 4.79 Å². The summed E-state index contributed by atoms with van der Waals surface area (Å²) in [6.45, 7) is 1.90. The maximum absolute atomic E-state index is 13.2. The third-order valence-corrected chi connectivity index (χ3v) is 9.10. The van der Waals surface area contributed by atoms with E-state index in [-0.39, 0.29) is 22.4 Å². The molecule has 3 aromatic carbocycles. The molecule has 1 saturated carbocycles. The van der Waals surface area contributed by atoms with Crippen molar-refractivity contribution >= 4 is 36.6 Å². The minimum Gasteiger partial charge on any atom is -0.442 e. The van der Waals surface area contributed by atoms with Gasteiger partial charge in [0.25, 0.3) is 0 Å². The van der Waals surface area contributed by atoms with Crippen molar-refractivity contribution in [2.24, 2.45) is 5.92 Å². The van der Waals surface area contributed by atoms with Crippen molar-refractivity contribution in [2.75, 3.05) is 0 Å². The van der Waals surface area contributed by atoms with Gasteiger partial charge in [0.15, 0.2) is 19.9 Å². The Hall–Kier alpha value is -3.09. The first-order chi connectivity index (χ1) is 15.6. The van der Waals surface area contributed by atoms with Crippen LogP contribution in [0.4, 0.5) is 0 Å². The monoisotopic (exact) mass is 439 g/mol. The van der Waals surface area contributed by atoms with Crippen molar-refractivity contribution in [1.29, 1.82) is 0 Å². The van der Waals surface area contributed by atoms with E-state index in [9.17, 15) is 4.79 Å².